The van der Waals surface area contributed by atoms with Gasteiger partial charge >= 0.3 is 0 Å². The molecule has 114 valence electrons. The van der Waals surface area contributed by atoms with Gasteiger partial charge in [0.25, 0.3) is 0 Å². The van der Waals surface area contributed by atoms with Crippen LogP contribution in [0, 0.1) is 17.2 Å². The van der Waals surface area contributed by atoms with Gasteiger partial charge in [0.15, 0.2) is 0 Å². The second-order valence-electron chi connectivity index (χ2n) is 6.18. The summed E-state index contributed by atoms with van der Waals surface area (Å²) in [6.07, 6.45) is 4.15. The topological polar surface area (TPSA) is 79.1 Å². The van der Waals surface area contributed by atoms with Crippen molar-refractivity contribution in [3.63, 3.8) is 0 Å². The van der Waals surface area contributed by atoms with E-state index in [1.165, 1.54) is 0 Å². The van der Waals surface area contributed by atoms with Crippen LogP contribution in [0.25, 0.3) is 11.1 Å². The average Bonchev–Trinajstić information content (AvgIpc) is 2.99. The Morgan fingerprint density at radius 2 is 2.32 bits per heavy atom. The summed E-state index contributed by atoms with van der Waals surface area (Å²) in [6, 6.07) is 4.08. The number of anilines is 1. The van der Waals surface area contributed by atoms with E-state index >= 15 is 0 Å². The standard InChI is InChI=1S/C17H20N4O/c1-11(2)8-21-5-3-15-14(9-21)16(12-4-6-22-10-12)13(7-18)17(19)20-15/h4,6,10-11H,3,5,8-9H2,1-2H3,(H2,19,20). The molecular weight excluding hydrogens is 276 g/mol. The molecule has 3 heterocycles. The normalized spacial score (nSPS) is 14.8. The number of fused-ring (bicyclic) bond motifs is 1. The van der Waals surface area contributed by atoms with E-state index in [-0.39, 0.29) is 0 Å². The van der Waals surface area contributed by atoms with Crippen molar-refractivity contribution in [3.05, 3.63) is 35.4 Å². The van der Waals surface area contributed by atoms with Crippen LogP contribution < -0.4 is 5.73 Å². The summed E-state index contributed by atoms with van der Waals surface area (Å²) in [5.74, 6) is 0.922. The Kier molecular flexibility index (Phi) is 3.86. The summed E-state index contributed by atoms with van der Waals surface area (Å²) >= 11 is 0. The van der Waals surface area contributed by atoms with Crippen LogP contribution in [0.15, 0.2) is 23.0 Å². The molecule has 0 bridgehead atoms. The highest BCUT2D eigenvalue weighted by molar-refractivity contribution is 5.78. The van der Waals surface area contributed by atoms with Gasteiger partial charge in [-0.2, -0.15) is 5.26 Å². The number of furan rings is 1. The van der Waals surface area contributed by atoms with Gasteiger partial charge in [-0.1, -0.05) is 13.8 Å². The van der Waals surface area contributed by atoms with E-state index in [9.17, 15) is 5.26 Å². The molecule has 1 aliphatic heterocycles. The van der Waals surface area contributed by atoms with E-state index in [2.05, 4.69) is 29.8 Å². The molecule has 5 heteroatoms. The van der Waals surface area contributed by atoms with E-state index in [4.69, 9.17) is 10.2 Å². The molecule has 0 spiro atoms. The second-order valence-corrected chi connectivity index (χ2v) is 6.18. The fourth-order valence-corrected chi connectivity index (χ4v) is 3.15. The van der Waals surface area contributed by atoms with Gasteiger partial charge in [-0.15, -0.1) is 0 Å². The van der Waals surface area contributed by atoms with Gasteiger partial charge in [-0.05, 0) is 17.5 Å². The maximum absolute atomic E-state index is 9.50. The first-order valence-electron chi connectivity index (χ1n) is 7.56. The Balaban J connectivity index is 2.12. The highest BCUT2D eigenvalue weighted by Crippen LogP contribution is 2.35. The van der Waals surface area contributed by atoms with Gasteiger partial charge in [-0.25, -0.2) is 4.98 Å². The molecule has 2 aromatic rings. The lowest BCUT2D eigenvalue weighted by Gasteiger charge is -2.31. The molecule has 0 saturated heterocycles. The van der Waals surface area contributed by atoms with Crippen molar-refractivity contribution in [2.45, 2.75) is 26.8 Å². The smallest absolute Gasteiger partial charge is 0.142 e. The lowest BCUT2D eigenvalue weighted by atomic mass is 9.92. The minimum absolute atomic E-state index is 0.315. The number of nitrogens with zero attached hydrogens (tertiary/aromatic N) is 3. The fourth-order valence-electron chi connectivity index (χ4n) is 3.15. The summed E-state index contributed by atoms with van der Waals surface area (Å²) in [4.78, 5) is 6.88. The summed E-state index contributed by atoms with van der Waals surface area (Å²) in [5, 5.41) is 9.50. The summed E-state index contributed by atoms with van der Waals surface area (Å²) in [6.45, 7) is 7.25. The van der Waals surface area contributed by atoms with Crippen molar-refractivity contribution >= 4 is 5.82 Å². The molecule has 1 aliphatic rings. The number of hydrogen-bond acceptors (Lipinski definition) is 5. The number of hydrogen-bond donors (Lipinski definition) is 1. The number of nitrogen functional groups attached to an aromatic ring is 1. The van der Waals surface area contributed by atoms with Crippen LogP contribution >= 0.6 is 0 Å². The van der Waals surface area contributed by atoms with Crippen molar-refractivity contribution < 1.29 is 4.42 Å². The van der Waals surface area contributed by atoms with Gasteiger partial charge in [0, 0.05) is 42.9 Å². The average molecular weight is 296 g/mol. The zero-order valence-corrected chi connectivity index (χ0v) is 13.0. The Labute approximate surface area is 130 Å². The minimum atomic E-state index is 0.315. The fraction of sp³-hybridized carbons (Fsp3) is 0.412. The lowest BCUT2D eigenvalue weighted by molar-refractivity contribution is 0.225. The van der Waals surface area contributed by atoms with Crippen LogP contribution in [-0.4, -0.2) is 23.0 Å². The van der Waals surface area contributed by atoms with Crippen LogP contribution in [0.3, 0.4) is 0 Å². The van der Waals surface area contributed by atoms with Crippen molar-refractivity contribution in [3.8, 4) is 17.2 Å². The third-order valence-electron chi connectivity index (χ3n) is 4.00. The number of rotatable bonds is 3. The Morgan fingerprint density at radius 3 is 2.95 bits per heavy atom. The van der Waals surface area contributed by atoms with E-state index in [0.29, 0.717) is 17.3 Å². The molecule has 0 unspecified atom stereocenters. The first-order valence-corrected chi connectivity index (χ1v) is 7.56. The molecule has 0 saturated carbocycles. The monoisotopic (exact) mass is 296 g/mol. The van der Waals surface area contributed by atoms with Crippen molar-refractivity contribution in [1.82, 2.24) is 9.88 Å². The Hall–Kier alpha value is -2.32. The molecule has 3 rings (SSSR count). The first kappa shape index (κ1) is 14.6. The SMILES string of the molecule is CC(C)CN1CCc2nc(N)c(C#N)c(-c3ccoc3)c2C1. The number of nitriles is 1. The predicted molar refractivity (Wildman–Crippen MR) is 84.9 cm³/mol. The maximum atomic E-state index is 9.50. The molecule has 0 radical (unpaired) electrons. The molecule has 0 aromatic carbocycles. The Morgan fingerprint density at radius 1 is 1.50 bits per heavy atom. The molecule has 0 amide bonds. The highest BCUT2D eigenvalue weighted by atomic mass is 16.3. The highest BCUT2D eigenvalue weighted by Gasteiger charge is 2.25. The van der Waals surface area contributed by atoms with Crippen molar-refractivity contribution in [2.75, 3.05) is 18.8 Å². The van der Waals surface area contributed by atoms with Gasteiger partial charge in [-0.3, -0.25) is 4.90 Å². The zero-order valence-electron chi connectivity index (χ0n) is 13.0. The third kappa shape index (κ3) is 2.58. The van der Waals surface area contributed by atoms with Crippen LogP contribution in [0.1, 0.15) is 30.7 Å². The molecule has 0 atom stereocenters. The van der Waals surface area contributed by atoms with Crippen LogP contribution in [0.5, 0.6) is 0 Å². The number of aromatic nitrogens is 1. The van der Waals surface area contributed by atoms with Crippen LogP contribution in [0.2, 0.25) is 0 Å². The molecule has 0 fully saturated rings. The van der Waals surface area contributed by atoms with Crippen molar-refractivity contribution in [1.29, 1.82) is 5.26 Å². The maximum Gasteiger partial charge on any atom is 0.142 e. The van der Waals surface area contributed by atoms with E-state index in [1.807, 2.05) is 6.07 Å². The molecule has 22 heavy (non-hydrogen) atoms. The molecule has 2 aromatic heterocycles. The van der Waals surface area contributed by atoms with Crippen LogP contribution in [0.4, 0.5) is 5.82 Å². The van der Waals surface area contributed by atoms with Gasteiger partial charge in [0.2, 0.25) is 0 Å². The summed E-state index contributed by atoms with van der Waals surface area (Å²) < 4.78 is 5.21. The minimum Gasteiger partial charge on any atom is -0.472 e. The zero-order chi connectivity index (χ0) is 15.7. The summed E-state index contributed by atoms with van der Waals surface area (Å²) in [7, 11) is 0. The van der Waals surface area contributed by atoms with E-state index in [0.717, 1.165) is 48.4 Å². The predicted octanol–water partition coefficient (Wildman–Crippen LogP) is 2.81. The summed E-state index contributed by atoms with van der Waals surface area (Å²) in [5.41, 5.74) is 10.3. The lowest BCUT2D eigenvalue weighted by Crippen LogP contribution is -2.34. The van der Waals surface area contributed by atoms with Crippen molar-refractivity contribution in [2.24, 2.45) is 5.92 Å². The number of pyridine rings is 1. The largest absolute Gasteiger partial charge is 0.472 e. The molecule has 5 nitrogen and oxygen atoms in total. The van der Waals surface area contributed by atoms with Gasteiger partial charge < -0.3 is 10.2 Å². The second kappa shape index (κ2) is 5.82. The quantitative estimate of drug-likeness (QED) is 0.942. The number of nitrogens with two attached hydrogens (primary N) is 1. The van der Waals surface area contributed by atoms with E-state index < -0.39 is 0 Å². The Bertz CT molecular complexity index is 713. The van der Waals surface area contributed by atoms with Gasteiger partial charge in [0.05, 0.1) is 12.5 Å². The molecular formula is C17H20N4O. The van der Waals surface area contributed by atoms with Gasteiger partial charge in [0.1, 0.15) is 17.5 Å². The van der Waals surface area contributed by atoms with E-state index in [1.54, 1.807) is 12.5 Å². The molecule has 2 N–H and O–H groups in total. The van der Waals surface area contributed by atoms with Crippen LogP contribution in [-0.2, 0) is 13.0 Å². The third-order valence-corrected chi connectivity index (χ3v) is 4.00. The molecule has 0 aliphatic carbocycles. The first-order chi connectivity index (χ1) is 10.6.